The van der Waals surface area contributed by atoms with Gasteiger partial charge < -0.3 is 4.90 Å². The minimum Gasteiger partial charge on any atom is -0.308 e. The molecule has 0 aromatic heterocycles. The SMILES string of the molecule is CCC(=O)CCCN(CC)C(C)CN(C)C. The third-order valence-electron chi connectivity index (χ3n) is 2.95. The third-order valence-corrected chi connectivity index (χ3v) is 2.95. The molecule has 0 N–H and O–H groups in total. The minimum absolute atomic E-state index is 0.385. The van der Waals surface area contributed by atoms with E-state index in [2.05, 4.69) is 37.7 Å². The van der Waals surface area contributed by atoms with Gasteiger partial charge in [-0.05, 0) is 40.5 Å². The summed E-state index contributed by atoms with van der Waals surface area (Å²) in [6.45, 7) is 9.57. The number of Topliss-reactive ketones (excluding diaryl/α,β-unsaturated/α-hetero) is 1. The Hall–Kier alpha value is -0.410. The molecule has 0 aromatic carbocycles. The van der Waals surface area contributed by atoms with Gasteiger partial charge in [0.05, 0.1) is 0 Å². The monoisotopic (exact) mass is 228 g/mol. The highest BCUT2D eigenvalue weighted by Crippen LogP contribution is 2.04. The van der Waals surface area contributed by atoms with E-state index in [0.29, 0.717) is 18.2 Å². The van der Waals surface area contributed by atoms with E-state index < -0.39 is 0 Å². The summed E-state index contributed by atoms with van der Waals surface area (Å²) < 4.78 is 0. The number of nitrogens with zero attached hydrogens (tertiary/aromatic N) is 2. The van der Waals surface area contributed by atoms with Crippen molar-refractivity contribution in [3.8, 4) is 0 Å². The molecule has 0 aliphatic heterocycles. The maximum atomic E-state index is 11.2. The van der Waals surface area contributed by atoms with E-state index in [1.807, 2.05) is 6.92 Å². The van der Waals surface area contributed by atoms with Gasteiger partial charge in [0.15, 0.2) is 0 Å². The summed E-state index contributed by atoms with van der Waals surface area (Å²) in [6.07, 6.45) is 2.42. The lowest BCUT2D eigenvalue weighted by atomic mass is 10.1. The lowest BCUT2D eigenvalue weighted by molar-refractivity contribution is -0.118. The standard InChI is InChI=1S/C13H28N2O/c1-6-13(16)9-8-10-15(7-2)12(3)11-14(4)5/h12H,6-11H2,1-5H3. The van der Waals surface area contributed by atoms with E-state index >= 15 is 0 Å². The molecule has 0 spiro atoms. The van der Waals surface area contributed by atoms with Gasteiger partial charge in [0.25, 0.3) is 0 Å². The van der Waals surface area contributed by atoms with Crippen LogP contribution in [0.15, 0.2) is 0 Å². The number of ketones is 1. The molecular formula is C13H28N2O. The molecule has 1 atom stereocenters. The largest absolute Gasteiger partial charge is 0.308 e. The first-order valence-electron chi connectivity index (χ1n) is 6.41. The Bertz CT molecular complexity index is 192. The molecule has 96 valence electrons. The third kappa shape index (κ3) is 6.96. The Balaban J connectivity index is 3.86. The van der Waals surface area contributed by atoms with Crippen LogP contribution >= 0.6 is 0 Å². The second-order valence-corrected chi connectivity index (χ2v) is 4.74. The first kappa shape index (κ1) is 15.6. The Kier molecular flexibility index (Phi) is 8.49. The van der Waals surface area contributed by atoms with Crippen molar-refractivity contribution in [3.05, 3.63) is 0 Å². The lowest BCUT2D eigenvalue weighted by Gasteiger charge is -2.29. The summed E-state index contributed by atoms with van der Waals surface area (Å²) >= 11 is 0. The molecule has 3 heteroatoms. The fraction of sp³-hybridized carbons (Fsp3) is 0.923. The Labute approximate surface area is 101 Å². The number of likely N-dealkylation sites (N-methyl/N-ethyl adjacent to an activating group) is 2. The topological polar surface area (TPSA) is 23.6 Å². The van der Waals surface area contributed by atoms with Crippen LogP contribution in [0.5, 0.6) is 0 Å². The predicted octanol–water partition coefficient (Wildman–Crippen LogP) is 2.02. The van der Waals surface area contributed by atoms with Gasteiger partial charge >= 0.3 is 0 Å². The molecular weight excluding hydrogens is 200 g/mol. The van der Waals surface area contributed by atoms with Crippen LogP contribution < -0.4 is 0 Å². The van der Waals surface area contributed by atoms with E-state index in [9.17, 15) is 4.79 Å². The maximum absolute atomic E-state index is 11.2. The molecule has 0 rings (SSSR count). The summed E-state index contributed by atoms with van der Waals surface area (Å²) in [7, 11) is 4.20. The summed E-state index contributed by atoms with van der Waals surface area (Å²) in [4.78, 5) is 15.9. The average molecular weight is 228 g/mol. The van der Waals surface area contributed by atoms with E-state index in [0.717, 1.165) is 32.5 Å². The molecule has 0 bridgehead atoms. The van der Waals surface area contributed by atoms with E-state index in [1.165, 1.54) is 0 Å². The van der Waals surface area contributed by atoms with Crippen LogP contribution in [0, 0.1) is 0 Å². The van der Waals surface area contributed by atoms with Crippen molar-refractivity contribution < 1.29 is 4.79 Å². The lowest BCUT2D eigenvalue weighted by Crippen LogP contribution is -2.40. The number of hydrogen-bond donors (Lipinski definition) is 0. The van der Waals surface area contributed by atoms with Crippen LogP contribution in [0.4, 0.5) is 0 Å². The zero-order valence-electron chi connectivity index (χ0n) is 11.6. The van der Waals surface area contributed by atoms with E-state index in [4.69, 9.17) is 0 Å². The molecule has 1 unspecified atom stereocenters. The van der Waals surface area contributed by atoms with Gasteiger partial charge in [-0.1, -0.05) is 13.8 Å². The van der Waals surface area contributed by atoms with Crippen molar-refractivity contribution in [3.63, 3.8) is 0 Å². The van der Waals surface area contributed by atoms with Crippen LogP contribution in [-0.4, -0.2) is 55.4 Å². The first-order valence-corrected chi connectivity index (χ1v) is 6.41. The fourth-order valence-electron chi connectivity index (χ4n) is 1.99. The number of carbonyl (C=O) groups excluding carboxylic acids is 1. The van der Waals surface area contributed by atoms with Gasteiger partial charge in [-0.3, -0.25) is 9.69 Å². The van der Waals surface area contributed by atoms with Crippen molar-refractivity contribution in [2.24, 2.45) is 0 Å². The Morgan fingerprint density at radius 3 is 2.31 bits per heavy atom. The zero-order valence-corrected chi connectivity index (χ0v) is 11.6. The number of carbonyl (C=O) groups is 1. The fourth-order valence-corrected chi connectivity index (χ4v) is 1.99. The highest BCUT2D eigenvalue weighted by molar-refractivity contribution is 5.77. The quantitative estimate of drug-likeness (QED) is 0.603. The minimum atomic E-state index is 0.385. The molecule has 0 heterocycles. The molecule has 0 radical (unpaired) electrons. The predicted molar refractivity (Wildman–Crippen MR) is 69.8 cm³/mol. The summed E-state index contributed by atoms with van der Waals surface area (Å²) in [5.41, 5.74) is 0. The van der Waals surface area contributed by atoms with Gasteiger partial charge in [0.1, 0.15) is 5.78 Å². The van der Waals surface area contributed by atoms with Crippen LogP contribution in [-0.2, 0) is 4.79 Å². The van der Waals surface area contributed by atoms with Crippen molar-refractivity contribution >= 4 is 5.78 Å². The number of hydrogen-bond acceptors (Lipinski definition) is 3. The summed E-state index contributed by atoms with van der Waals surface area (Å²) in [5, 5.41) is 0. The summed E-state index contributed by atoms with van der Waals surface area (Å²) in [6, 6.07) is 0.566. The van der Waals surface area contributed by atoms with Crippen LogP contribution in [0.3, 0.4) is 0 Å². The normalized spacial score (nSPS) is 13.4. The van der Waals surface area contributed by atoms with Gasteiger partial charge in [-0.2, -0.15) is 0 Å². The molecule has 16 heavy (non-hydrogen) atoms. The molecule has 0 aliphatic rings. The van der Waals surface area contributed by atoms with Gasteiger partial charge in [-0.25, -0.2) is 0 Å². The highest BCUT2D eigenvalue weighted by Gasteiger charge is 2.12. The van der Waals surface area contributed by atoms with Crippen LogP contribution in [0.2, 0.25) is 0 Å². The molecule has 0 saturated heterocycles. The van der Waals surface area contributed by atoms with Crippen molar-refractivity contribution in [1.82, 2.24) is 9.80 Å². The molecule has 0 amide bonds. The van der Waals surface area contributed by atoms with Crippen molar-refractivity contribution in [1.29, 1.82) is 0 Å². The molecule has 0 fully saturated rings. The average Bonchev–Trinajstić information content (AvgIpc) is 2.22. The van der Waals surface area contributed by atoms with E-state index in [-0.39, 0.29) is 0 Å². The molecule has 0 aliphatic carbocycles. The second kappa shape index (κ2) is 8.71. The maximum Gasteiger partial charge on any atom is 0.132 e. The zero-order chi connectivity index (χ0) is 12.6. The van der Waals surface area contributed by atoms with Gasteiger partial charge in [0, 0.05) is 25.4 Å². The van der Waals surface area contributed by atoms with Gasteiger partial charge in [0.2, 0.25) is 0 Å². The molecule has 3 nitrogen and oxygen atoms in total. The van der Waals surface area contributed by atoms with E-state index in [1.54, 1.807) is 0 Å². The Morgan fingerprint density at radius 1 is 1.25 bits per heavy atom. The first-order chi connectivity index (χ1) is 7.51. The van der Waals surface area contributed by atoms with Crippen LogP contribution in [0.1, 0.15) is 40.0 Å². The van der Waals surface area contributed by atoms with Crippen molar-refractivity contribution in [2.45, 2.75) is 46.1 Å². The molecule has 0 saturated carbocycles. The number of rotatable bonds is 9. The van der Waals surface area contributed by atoms with Gasteiger partial charge in [-0.15, -0.1) is 0 Å². The Morgan fingerprint density at radius 2 is 1.88 bits per heavy atom. The van der Waals surface area contributed by atoms with Crippen molar-refractivity contribution in [2.75, 3.05) is 33.7 Å². The smallest absolute Gasteiger partial charge is 0.132 e. The van der Waals surface area contributed by atoms with Crippen LogP contribution in [0.25, 0.3) is 0 Å². The summed E-state index contributed by atoms with van der Waals surface area (Å²) in [5.74, 6) is 0.385. The highest BCUT2D eigenvalue weighted by atomic mass is 16.1. The molecule has 0 aromatic rings. The second-order valence-electron chi connectivity index (χ2n) is 4.74.